The van der Waals surface area contributed by atoms with Crippen LogP contribution in [0.25, 0.3) is 0 Å². The van der Waals surface area contributed by atoms with Gasteiger partial charge in [-0.1, -0.05) is 0 Å². The van der Waals surface area contributed by atoms with Crippen LogP contribution in [-0.4, -0.2) is 43.0 Å². The van der Waals surface area contributed by atoms with Crippen molar-refractivity contribution in [3.8, 4) is 0 Å². The minimum atomic E-state index is -0.249. The summed E-state index contributed by atoms with van der Waals surface area (Å²) < 4.78 is 7.03. The van der Waals surface area contributed by atoms with Crippen LogP contribution in [0.4, 0.5) is 0 Å². The molecule has 0 radical (unpaired) electrons. The monoisotopic (exact) mass is 366 g/mol. The smallest absolute Gasteiger partial charge is 0.274 e. The van der Waals surface area contributed by atoms with Gasteiger partial charge >= 0.3 is 0 Å². The van der Waals surface area contributed by atoms with Gasteiger partial charge in [0.25, 0.3) is 5.91 Å². The summed E-state index contributed by atoms with van der Waals surface area (Å²) in [7, 11) is 0. The second-order valence-corrected chi connectivity index (χ2v) is 6.26. The van der Waals surface area contributed by atoms with E-state index in [1.54, 1.807) is 29.5 Å². The summed E-state index contributed by atoms with van der Waals surface area (Å²) in [4.78, 5) is 34.8. The molecular formula is C18H18N6O3. The molecule has 4 rings (SSSR count). The zero-order valence-electron chi connectivity index (χ0n) is 14.5. The van der Waals surface area contributed by atoms with Gasteiger partial charge in [0, 0.05) is 25.1 Å². The number of carbonyl (C=O) groups is 2. The van der Waals surface area contributed by atoms with Crippen LogP contribution in [0, 0.1) is 0 Å². The van der Waals surface area contributed by atoms with Crippen molar-refractivity contribution in [2.24, 2.45) is 0 Å². The van der Waals surface area contributed by atoms with Gasteiger partial charge in [-0.25, -0.2) is 4.98 Å². The molecule has 0 saturated heterocycles. The van der Waals surface area contributed by atoms with Crippen LogP contribution in [0.2, 0.25) is 0 Å². The van der Waals surface area contributed by atoms with Gasteiger partial charge in [-0.3, -0.25) is 19.3 Å². The van der Waals surface area contributed by atoms with Gasteiger partial charge in [-0.15, -0.1) is 0 Å². The molecule has 4 heterocycles. The van der Waals surface area contributed by atoms with Crippen LogP contribution in [0.1, 0.15) is 34.4 Å². The van der Waals surface area contributed by atoms with E-state index >= 15 is 0 Å². The first-order valence-corrected chi connectivity index (χ1v) is 8.57. The Morgan fingerprint density at radius 3 is 2.96 bits per heavy atom. The highest BCUT2D eigenvalue weighted by Crippen LogP contribution is 2.24. The molecule has 0 saturated carbocycles. The van der Waals surface area contributed by atoms with Crippen LogP contribution in [0.5, 0.6) is 0 Å². The average molecular weight is 366 g/mol. The molecular weight excluding hydrogens is 348 g/mol. The number of fused-ring (bicyclic) bond motifs is 1. The Bertz CT molecular complexity index is 922. The fourth-order valence-corrected chi connectivity index (χ4v) is 3.15. The van der Waals surface area contributed by atoms with Gasteiger partial charge in [0.15, 0.2) is 0 Å². The largest absolute Gasteiger partial charge is 0.467 e. The third-order valence-electron chi connectivity index (χ3n) is 4.41. The van der Waals surface area contributed by atoms with Crippen LogP contribution in [0.3, 0.4) is 0 Å². The number of nitrogens with zero attached hydrogens (tertiary/aromatic N) is 5. The highest BCUT2D eigenvalue weighted by Gasteiger charge is 2.31. The second-order valence-electron chi connectivity index (χ2n) is 6.26. The molecule has 3 aromatic heterocycles. The van der Waals surface area contributed by atoms with E-state index in [0.717, 1.165) is 5.69 Å². The van der Waals surface area contributed by atoms with E-state index in [1.807, 2.05) is 10.7 Å². The molecule has 9 heteroatoms. The van der Waals surface area contributed by atoms with E-state index in [-0.39, 0.29) is 30.0 Å². The second kappa shape index (κ2) is 7.40. The minimum Gasteiger partial charge on any atom is -0.467 e. The first-order chi connectivity index (χ1) is 13.2. The fourth-order valence-electron chi connectivity index (χ4n) is 3.15. The van der Waals surface area contributed by atoms with Crippen LogP contribution in [-0.2, 0) is 17.9 Å². The topological polar surface area (TPSA) is 106 Å². The minimum absolute atomic E-state index is 0.133. The van der Waals surface area contributed by atoms with Gasteiger partial charge in [-0.2, -0.15) is 5.10 Å². The van der Waals surface area contributed by atoms with E-state index in [9.17, 15) is 9.59 Å². The summed E-state index contributed by atoms with van der Waals surface area (Å²) in [6.45, 7) is 1.12. The maximum atomic E-state index is 12.7. The maximum absolute atomic E-state index is 12.7. The number of hydrogen-bond acceptors (Lipinski definition) is 6. The molecule has 0 spiro atoms. The number of furan rings is 1. The summed E-state index contributed by atoms with van der Waals surface area (Å²) in [6, 6.07) is 5.17. The Kier molecular flexibility index (Phi) is 4.65. The number of hydrogen-bond donors (Lipinski definition) is 1. The Morgan fingerprint density at radius 1 is 1.26 bits per heavy atom. The number of carbonyl (C=O) groups excluding carboxylic acids is 2. The normalized spacial score (nSPS) is 16.0. The van der Waals surface area contributed by atoms with Gasteiger partial charge in [0.1, 0.15) is 11.5 Å². The quantitative estimate of drug-likeness (QED) is 0.726. The van der Waals surface area contributed by atoms with Crippen molar-refractivity contribution in [3.05, 3.63) is 66.4 Å². The van der Waals surface area contributed by atoms with Crippen LogP contribution in [0.15, 0.2) is 53.7 Å². The molecule has 1 N–H and O–H groups in total. The lowest BCUT2D eigenvalue weighted by atomic mass is 10.1. The zero-order chi connectivity index (χ0) is 18.6. The Balaban J connectivity index is 1.45. The molecule has 1 atom stereocenters. The molecule has 0 bridgehead atoms. The molecule has 1 unspecified atom stereocenters. The van der Waals surface area contributed by atoms with Crippen molar-refractivity contribution in [1.82, 2.24) is 30.0 Å². The Labute approximate surface area is 155 Å². The predicted octanol–water partition coefficient (Wildman–Crippen LogP) is 1.17. The molecule has 0 aromatic carbocycles. The summed E-state index contributed by atoms with van der Waals surface area (Å²) in [5.74, 6) is 0.342. The van der Waals surface area contributed by atoms with E-state index in [2.05, 4.69) is 20.4 Å². The van der Waals surface area contributed by atoms with E-state index < -0.39 is 0 Å². The van der Waals surface area contributed by atoms with E-state index in [4.69, 9.17) is 4.42 Å². The third kappa shape index (κ3) is 3.71. The average Bonchev–Trinajstić information content (AvgIpc) is 3.38. The van der Waals surface area contributed by atoms with Crippen LogP contribution >= 0.6 is 0 Å². The Morgan fingerprint density at radius 2 is 2.19 bits per heavy atom. The molecule has 2 amide bonds. The van der Waals surface area contributed by atoms with Crippen molar-refractivity contribution in [1.29, 1.82) is 0 Å². The lowest BCUT2D eigenvalue weighted by Crippen LogP contribution is -2.43. The Hall–Kier alpha value is -3.49. The first kappa shape index (κ1) is 17.0. The molecule has 9 nitrogen and oxygen atoms in total. The predicted molar refractivity (Wildman–Crippen MR) is 93.2 cm³/mol. The fraction of sp³-hybridized carbons (Fsp3) is 0.278. The highest BCUT2D eigenvalue weighted by atomic mass is 16.3. The van der Waals surface area contributed by atoms with Crippen molar-refractivity contribution >= 4 is 11.8 Å². The van der Waals surface area contributed by atoms with Gasteiger partial charge < -0.3 is 14.6 Å². The van der Waals surface area contributed by atoms with Crippen molar-refractivity contribution in [3.63, 3.8) is 0 Å². The summed E-state index contributed by atoms with van der Waals surface area (Å²) >= 11 is 0. The molecule has 0 fully saturated rings. The SMILES string of the molecule is O=C(CC1CN(C(=O)c2cnccn2)Cc2ccnn21)NCc1ccco1. The summed E-state index contributed by atoms with van der Waals surface area (Å²) in [5, 5.41) is 7.15. The van der Waals surface area contributed by atoms with Crippen molar-refractivity contribution < 1.29 is 14.0 Å². The number of aromatic nitrogens is 4. The number of amides is 2. The standard InChI is InChI=1S/C18H18N6O3/c25-17(21-9-15-2-1-7-27-15)8-14-12-23(11-13-3-4-22-24(13)14)18(26)16-10-19-5-6-20-16/h1-7,10,14H,8-9,11-12H2,(H,21,25). The molecule has 3 aromatic rings. The maximum Gasteiger partial charge on any atom is 0.274 e. The van der Waals surface area contributed by atoms with Crippen LogP contribution < -0.4 is 5.32 Å². The lowest BCUT2D eigenvalue weighted by Gasteiger charge is -2.33. The molecule has 1 aliphatic heterocycles. The first-order valence-electron chi connectivity index (χ1n) is 8.57. The zero-order valence-corrected chi connectivity index (χ0v) is 14.5. The van der Waals surface area contributed by atoms with E-state index in [0.29, 0.717) is 25.4 Å². The van der Waals surface area contributed by atoms with E-state index in [1.165, 1.54) is 18.6 Å². The number of nitrogens with one attached hydrogen (secondary N) is 1. The summed E-state index contributed by atoms with van der Waals surface area (Å²) in [5.41, 5.74) is 1.16. The highest BCUT2D eigenvalue weighted by molar-refractivity contribution is 5.92. The lowest BCUT2D eigenvalue weighted by molar-refractivity contribution is -0.122. The molecule has 138 valence electrons. The molecule has 1 aliphatic rings. The number of rotatable bonds is 5. The van der Waals surface area contributed by atoms with Gasteiger partial charge in [0.05, 0.1) is 43.7 Å². The molecule has 0 aliphatic carbocycles. The van der Waals surface area contributed by atoms with Crippen molar-refractivity contribution in [2.45, 2.75) is 25.6 Å². The van der Waals surface area contributed by atoms with Crippen molar-refractivity contribution in [2.75, 3.05) is 6.54 Å². The summed E-state index contributed by atoms with van der Waals surface area (Å²) in [6.07, 6.45) is 7.90. The van der Waals surface area contributed by atoms with Gasteiger partial charge in [-0.05, 0) is 18.2 Å². The molecule has 27 heavy (non-hydrogen) atoms. The third-order valence-corrected chi connectivity index (χ3v) is 4.41. The van der Waals surface area contributed by atoms with Gasteiger partial charge in [0.2, 0.25) is 5.91 Å².